The lowest BCUT2D eigenvalue weighted by Crippen LogP contribution is -1.98. The minimum atomic E-state index is -2.50. The predicted octanol–water partition coefficient (Wildman–Crippen LogP) is 12.9. The monoisotopic (exact) mass is 638 g/mol. The van der Waals surface area contributed by atoms with Crippen molar-refractivity contribution in [1.82, 2.24) is 0 Å². The van der Waals surface area contributed by atoms with E-state index < -0.39 is 18.5 Å². The summed E-state index contributed by atoms with van der Waals surface area (Å²) < 4.78 is 57.1. The van der Waals surface area contributed by atoms with Gasteiger partial charge in [0.25, 0.3) is 0 Å². The third kappa shape index (κ3) is 192. The summed E-state index contributed by atoms with van der Waals surface area (Å²) in [6, 6.07) is 2.22. The first-order valence-electron chi connectivity index (χ1n) is 15.7. The van der Waals surface area contributed by atoms with Crippen LogP contribution in [-0.4, -0.2) is 53.5 Å². The van der Waals surface area contributed by atoms with Gasteiger partial charge in [-0.1, -0.05) is 93.9 Å². The lowest BCUT2D eigenvalue weighted by molar-refractivity contribution is 0.0113. The summed E-state index contributed by atoms with van der Waals surface area (Å²) in [6.45, 7) is 23.9. The number of halogens is 4. The third-order valence-electron chi connectivity index (χ3n) is 4.02. The van der Waals surface area contributed by atoms with Gasteiger partial charge in [-0.05, 0) is 73.1 Å². The highest BCUT2D eigenvalue weighted by Gasteiger charge is 2.37. The Balaban J connectivity index is -0.0000000531. The van der Waals surface area contributed by atoms with E-state index >= 15 is 0 Å². The fourth-order valence-corrected chi connectivity index (χ4v) is 0.992. The Hall–Kier alpha value is -0.910. The quantitative estimate of drug-likeness (QED) is 0.289. The van der Waals surface area contributed by atoms with Crippen LogP contribution in [0.15, 0.2) is 0 Å². The van der Waals surface area contributed by atoms with Gasteiger partial charge in [0.2, 0.25) is 5.92 Å². The van der Waals surface area contributed by atoms with Gasteiger partial charge in [-0.3, -0.25) is 0 Å². The van der Waals surface area contributed by atoms with Crippen molar-refractivity contribution in [2.24, 2.45) is 17.3 Å². The summed E-state index contributed by atoms with van der Waals surface area (Å²) in [5.74, 6) is -0.282. The van der Waals surface area contributed by atoms with Crippen LogP contribution >= 0.6 is 0 Å². The number of hydrogen-bond donors (Lipinski definition) is 0. The molecular formula is C35H79F4NO3. The molecule has 43 heavy (non-hydrogen) atoms. The fourth-order valence-electron chi connectivity index (χ4n) is 0.992. The van der Waals surface area contributed by atoms with Crippen LogP contribution in [-0.2, 0) is 14.2 Å². The number of methoxy groups -OCH3 is 3. The van der Waals surface area contributed by atoms with Crippen LogP contribution in [0.4, 0.5) is 17.6 Å². The van der Waals surface area contributed by atoms with E-state index in [9.17, 15) is 17.6 Å². The Bertz CT molecular complexity index is 453. The van der Waals surface area contributed by atoms with Gasteiger partial charge in [0.1, 0.15) is 0 Å². The third-order valence-corrected chi connectivity index (χ3v) is 4.02. The smallest absolute Gasteiger partial charge is 0.242 e. The number of rotatable bonds is 3. The SMILES string of the molecule is C.CC(C)(F)F.CC(C)F.CC1(C#N)CC1.CC1CC1.CCC.CCC.CCC1CC1.CCOC.COC.COC(C)F. The van der Waals surface area contributed by atoms with Crippen LogP contribution in [0.25, 0.3) is 0 Å². The second kappa shape index (κ2) is 48.0. The minimum Gasteiger partial charge on any atom is -0.388 e. The summed E-state index contributed by atoms with van der Waals surface area (Å²) in [4.78, 5) is 0. The van der Waals surface area contributed by atoms with Crippen molar-refractivity contribution in [3.8, 4) is 6.07 Å². The molecule has 0 amide bonds. The van der Waals surface area contributed by atoms with E-state index in [-0.39, 0.29) is 12.8 Å². The van der Waals surface area contributed by atoms with Crippen molar-refractivity contribution >= 4 is 0 Å². The molecule has 0 radical (unpaired) electrons. The van der Waals surface area contributed by atoms with Crippen molar-refractivity contribution in [2.75, 3.05) is 35.0 Å². The van der Waals surface area contributed by atoms with Crippen molar-refractivity contribution in [3.05, 3.63) is 0 Å². The molecule has 3 aliphatic rings. The maximum atomic E-state index is 11.2. The van der Waals surface area contributed by atoms with Gasteiger partial charge in [-0.15, -0.1) is 0 Å². The molecule has 0 aromatic heterocycles. The molecular weight excluding hydrogens is 558 g/mol. The first-order chi connectivity index (χ1) is 19.3. The van der Waals surface area contributed by atoms with Crippen molar-refractivity contribution < 1.29 is 31.8 Å². The average Bonchev–Trinajstić information content (AvgIpc) is 3.73. The summed E-state index contributed by atoms with van der Waals surface area (Å²) in [6.07, 6.45) is 10.4. The number of nitrogens with zero attached hydrogens (tertiary/aromatic N) is 1. The summed E-state index contributed by atoms with van der Waals surface area (Å²) in [7, 11) is 6.25. The lowest BCUT2D eigenvalue weighted by Gasteiger charge is -1.94. The van der Waals surface area contributed by atoms with Gasteiger partial charge >= 0.3 is 0 Å². The van der Waals surface area contributed by atoms with E-state index in [4.69, 9.17) is 5.26 Å². The standard InChI is InChI=1S/C5H7N.C5H10.C4H8.C3H6F2.C3H7FO.C3H7F.C3H8O.2C3H8.C2H6O.CH4/c1-5(4-6)2-3-5;1-2-5-3-4-5;1-4-2-3-4;1-3(2,4)5;1-3(4)5-2;1-3(2)4;1-3-4-2;3*1-3-2;/h2-3H2,1H3;5H,2-4H2,1H3;4H,2-3H2,1H3;1-2H3;3H,1-2H3;3H,1-2H3;3H2,1-2H3;2*3H2,1-2H3;1-2H3;1H4. The molecule has 1 atom stereocenters. The maximum absolute atomic E-state index is 11.2. The highest BCUT2D eigenvalue weighted by atomic mass is 19.3. The molecule has 0 saturated heterocycles. The molecule has 0 bridgehead atoms. The first-order valence-corrected chi connectivity index (χ1v) is 15.7. The van der Waals surface area contributed by atoms with Gasteiger partial charge in [-0.2, -0.15) is 5.26 Å². The fraction of sp³-hybridized carbons (Fsp3) is 0.971. The summed E-state index contributed by atoms with van der Waals surface area (Å²) >= 11 is 0. The average molecular weight is 638 g/mol. The van der Waals surface area contributed by atoms with Gasteiger partial charge in [0, 0.05) is 35.0 Å². The normalized spacial score (nSPS) is 14.6. The zero-order chi connectivity index (χ0) is 35.2. The van der Waals surface area contributed by atoms with E-state index in [1.807, 2.05) is 13.8 Å². The minimum absolute atomic E-state index is 0. The molecule has 0 aromatic carbocycles. The molecule has 4 nitrogen and oxygen atoms in total. The summed E-state index contributed by atoms with van der Waals surface area (Å²) in [5, 5.41) is 8.22. The molecule has 3 fully saturated rings. The van der Waals surface area contributed by atoms with Crippen LogP contribution in [0.2, 0.25) is 0 Å². The van der Waals surface area contributed by atoms with E-state index in [0.717, 1.165) is 45.1 Å². The molecule has 0 spiro atoms. The van der Waals surface area contributed by atoms with E-state index in [0.29, 0.717) is 0 Å². The van der Waals surface area contributed by atoms with Gasteiger partial charge in [0.15, 0.2) is 6.36 Å². The van der Waals surface area contributed by atoms with Crippen molar-refractivity contribution in [3.63, 3.8) is 0 Å². The van der Waals surface area contributed by atoms with Gasteiger partial charge in [0.05, 0.1) is 17.7 Å². The van der Waals surface area contributed by atoms with E-state index in [1.165, 1.54) is 72.8 Å². The number of nitriles is 1. The number of hydrogen-bond acceptors (Lipinski definition) is 4. The highest BCUT2D eigenvalue weighted by Crippen LogP contribution is 2.43. The Labute approximate surface area is 269 Å². The topological polar surface area (TPSA) is 51.5 Å². The van der Waals surface area contributed by atoms with Crippen LogP contribution in [0.1, 0.15) is 155 Å². The molecule has 1 unspecified atom stereocenters. The Morgan fingerprint density at radius 3 is 1.05 bits per heavy atom. The molecule has 0 heterocycles. The molecule has 0 aromatic rings. The van der Waals surface area contributed by atoms with Crippen LogP contribution in [0.3, 0.4) is 0 Å². The Morgan fingerprint density at radius 1 is 0.837 bits per heavy atom. The van der Waals surface area contributed by atoms with E-state index in [2.05, 4.69) is 61.8 Å². The largest absolute Gasteiger partial charge is 0.388 e. The zero-order valence-electron chi connectivity index (χ0n) is 31.1. The second-order valence-corrected chi connectivity index (χ2v) is 11.2. The Kier molecular flexibility index (Phi) is 68.3. The molecule has 8 heteroatoms. The number of alkyl halides is 4. The number of ether oxygens (including phenoxy) is 3. The maximum Gasteiger partial charge on any atom is 0.242 e. The van der Waals surface area contributed by atoms with Crippen molar-refractivity contribution in [1.29, 1.82) is 5.26 Å². The van der Waals surface area contributed by atoms with Crippen LogP contribution in [0.5, 0.6) is 0 Å². The van der Waals surface area contributed by atoms with Crippen LogP contribution < -0.4 is 0 Å². The highest BCUT2D eigenvalue weighted by molar-refractivity contribution is 5.06. The first kappa shape index (κ1) is 61.2. The Morgan fingerprint density at radius 2 is 1.05 bits per heavy atom. The molecule has 3 rings (SSSR count). The lowest BCUT2D eigenvalue weighted by atomic mass is 10.2. The van der Waals surface area contributed by atoms with Gasteiger partial charge in [-0.25, -0.2) is 17.6 Å². The second-order valence-electron chi connectivity index (χ2n) is 11.2. The van der Waals surface area contributed by atoms with E-state index in [1.54, 1.807) is 21.3 Å². The van der Waals surface area contributed by atoms with Crippen LogP contribution in [0, 0.1) is 28.6 Å². The van der Waals surface area contributed by atoms with Gasteiger partial charge < -0.3 is 14.2 Å². The molecule has 0 N–H and O–H groups in total. The molecule has 0 aliphatic heterocycles. The zero-order valence-corrected chi connectivity index (χ0v) is 31.1. The molecule has 3 aliphatic carbocycles. The molecule has 270 valence electrons. The predicted molar refractivity (Wildman–Crippen MR) is 184 cm³/mol. The van der Waals surface area contributed by atoms with Crippen molar-refractivity contribution in [2.45, 2.75) is 174 Å². The molecule has 3 saturated carbocycles. The summed E-state index contributed by atoms with van der Waals surface area (Å²) in [5.41, 5.74) is 0.0972.